The fourth-order valence-corrected chi connectivity index (χ4v) is 4.59. The summed E-state index contributed by atoms with van der Waals surface area (Å²) in [6.07, 6.45) is 18.7. The van der Waals surface area contributed by atoms with Crippen molar-refractivity contribution in [3.05, 3.63) is 66.6 Å². The number of fused-ring (bicyclic) bond motifs is 4. The van der Waals surface area contributed by atoms with Crippen molar-refractivity contribution in [3.63, 3.8) is 0 Å². The molecular weight excluding hydrogens is 318 g/mol. The number of piperidine rings is 1. The van der Waals surface area contributed by atoms with Gasteiger partial charge in [0.2, 0.25) is 0 Å². The van der Waals surface area contributed by atoms with Gasteiger partial charge in [0.25, 0.3) is 0 Å². The van der Waals surface area contributed by atoms with E-state index >= 15 is 0 Å². The standard InChI is InChI=1S/C23H29N3/c1-3-4-5-10-19(2)17-25-15-9-14-23(18-25)22-13-8-16-26(22)21-12-7-6-11-20(21)24-23/h3-5,8,10,12-13,16H,2,6-7,9,11,14-15,17-18H2,1H3. The molecule has 3 heteroatoms. The summed E-state index contributed by atoms with van der Waals surface area (Å²) in [5, 5.41) is 0. The highest BCUT2D eigenvalue weighted by molar-refractivity contribution is 6.20. The molecule has 1 fully saturated rings. The molecule has 1 aromatic rings. The predicted molar refractivity (Wildman–Crippen MR) is 110 cm³/mol. The van der Waals surface area contributed by atoms with Crippen LogP contribution in [-0.4, -0.2) is 34.8 Å². The van der Waals surface area contributed by atoms with E-state index in [0.29, 0.717) is 0 Å². The van der Waals surface area contributed by atoms with Gasteiger partial charge in [0, 0.05) is 19.3 Å². The predicted octanol–water partition coefficient (Wildman–Crippen LogP) is 4.95. The number of aliphatic imine (C=N–C) groups is 1. The van der Waals surface area contributed by atoms with Gasteiger partial charge in [0.15, 0.2) is 0 Å². The van der Waals surface area contributed by atoms with Gasteiger partial charge in [0.05, 0.1) is 17.1 Å². The van der Waals surface area contributed by atoms with Gasteiger partial charge in [0.1, 0.15) is 5.54 Å². The van der Waals surface area contributed by atoms with Crippen molar-refractivity contribution in [1.82, 2.24) is 9.47 Å². The molecule has 1 saturated heterocycles. The first kappa shape index (κ1) is 17.3. The second-order valence-electron chi connectivity index (χ2n) is 7.69. The van der Waals surface area contributed by atoms with Crippen molar-refractivity contribution < 1.29 is 0 Å². The SMILES string of the molecule is C=C(C=CC=CC)CN1CCCC2(C1)N=C1CCCC=C1n1cccc12. The van der Waals surface area contributed by atoms with Gasteiger partial charge >= 0.3 is 0 Å². The van der Waals surface area contributed by atoms with E-state index in [1.165, 1.54) is 36.4 Å². The lowest BCUT2D eigenvalue weighted by Gasteiger charge is -2.44. The molecule has 26 heavy (non-hydrogen) atoms. The summed E-state index contributed by atoms with van der Waals surface area (Å²) < 4.78 is 2.41. The molecule has 0 radical (unpaired) electrons. The Balaban J connectivity index is 1.59. The maximum atomic E-state index is 5.37. The zero-order chi connectivity index (χ0) is 18.0. The van der Waals surface area contributed by atoms with Gasteiger partial charge in [-0.15, -0.1) is 0 Å². The van der Waals surface area contributed by atoms with Crippen LogP contribution in [0.4, 0.5) is 0 Å². The molecule has 0 aromatic carbocycles. The Morgan fingerprint density at radius 2 is 2.27 bits per heavy atom. The minimum Gasteiger partial charge on any atom is -0.317 e. The summed E-state index contributed by atoms with van der Waals surface area (Å²) in [7, 11) is 0. The average molecular weight is 348 g/mol. The van der Waals surface area contributed by atoms with E-state index in [9.17, 15) is 0 Å². The first-order chi connectivity index (χ1) is 12.7. The normalized spacial score (nSPS) is 26.0. The average Bonchev–Trinajstić information content (AvgIpc) is 3.13. The van der Waals surface area contributed by atoms with Crippen LogP contribution >= 0.6 is 0 Å². The first-order valence-electron chi connectivity index (χ1n) is 9.89. The van der Waals surface area contributed by atoms with E-state index in [4.69, 9.17) is 4.99 Å². The van der Waals surface area contributed by atoms with E-state index in [1.807, 2.05) is 13.0 Å². The Hall–Kier alpha value is -2.13. The van der Waals surface area contributed by atoms with Gasteiger partial charge in [-0.25, -0.2) is 0 Å². The highest BCUT2D eigenvalue weighted by Gasteiger charge is 2.42. The molecule has 4 rings (SSSR count). The second kappa shape index (κ2) is 7.24. The summed E-state index contributed by atoms with van der Waals surface area (Å²) in [6, 6.07) is 4.46. The Bertz CT molecular complexity index is 805. The summed E-state index contributed by atoms with van der Waals surface area (Å²) in [6.45, 7) is 9.32. The van der Waals surface area contributed by atoms with Gasteiger partial charge in [-0.1, -0.05) is 37.0 Å². The third-order valence-electron chi connectivity index (χ3n) is 5.70. The molecule has 1 aliphatic carbocycles. The fraction of sp³-hybridized carbons (Fsp3) is 0.435. The highest BCUT2D eigenvalue weighted by atomic mass is 15.2. The van der Waals surface area contributed by atoms with E-state index < -0.39 is 0 Å². The van der Waals surface area contributed by atoms with Crippen LogP contribution in [0.15, 0.2) is 65.9 Å². The van der Waals surface area contributed by atoms with Gasteiger partial charge < -0.3 is 4.57 Å². The van der Waals surface area contributed by atoms with Crippen LogP contribution in [0, 0.1) is 0 Å². The molecule has 1 spiro atoms. The quantitative estimate of drug-likeness (QED) is 0.706. The summed E-state index contributed by atoms with van der Waals surface area (Å²) in [5.74, 6) is 0. The van der Waals surface area contributed by atoms with Gasteiger partial charge in [-0.05, 0) is 63.3 Å². The van der Waals surface area contributed by atoms with Crippen LogP contribution in [0.1, 0.15) is 44.7 Å². The lowest BCUT2D eigenvalue weighted by molar-refractivity contribution is 0.157. The highest BCUT2D eigenvalue weighted by Crippen LogP contribution is 2.42. The lowest BCUT2D eigenvalue weighted by Crippen LogP contribution is -2.48. The van der Waals surface area contributed by atoms with E-state index in [-0.39, 0.29) is 5.54 Å². The second-order valence-corrected chi connectivity index (χ2v) is 7.69. The Morgan fingerprint density at radius 1 is 1.35 bits per heavy atom. The Labute approximate surface area is 157 Å². The maximum Gasteiger partial charge on any atom is 0.114 e. The fourth-order valence-electron chi connectivity index (χ4n) is 4.59. The minimum atomic E-state index is -0.0842. The van der Waals surface area contributed by atoms with E-state index in [2.05, 4.69) is 58.7 Å². The van der Waals surface area contributed by atoms with E-state index in [1.54, 1.807) is 0 Å². The number of aromatic nitrogens is 1. The smallest absolute Gasteiger partial charge is 0.114 e. The van der Waals surface area contributed by atoms with Crippen molar-refractivity contribution in [3.8, 4) is 0 Å². The molecule has 1 unspecified atom stereocenters. The van der Waals surface area contributed by atoms with Crippen LogP contribution in [0.2, 0.25) is 0 Å². The molecule has 3 aliphatic rings. The molecule has 3 nitrogen and oxygen atoms in total. The Kier molecular flexibility index (Phi) is 4.82. The van der Waals surface area contributed by atoms with Crippen molar-refractivity contribution in [2.75, 3.05) is 19.6 Å². The third kappa shape index (κ3) is 3.16. The number of likely N-dealkylation sites (tertiary alicyclic amines) is 1. The topological polar surface area (TPSA) is 20.5 Å². The van der Waals surface area contributed by atoms with E-state index in [0.717, 1.165) is 38.0 Å². The number of rotatable bonds is 4. The third-order valence-corrected chi connectivity index (χ3v) is 5.70. The molecule has 0 saturated carbocycles. The van der Waals surface area contributed by atoms with Crippen molar-refractivity contribution in [2.24, 2.45) is 4.99 Å². The molecule has 1 aromatic heterocycles. The molecule has 3 heterocycles. The molecule has 0 bridgehead atoms. The summed E-state index contributed by atoms with van der Waals surface area (Å²) >= 11 is 0. The van der Waals surface area contributed by atoms with Crippen LogP contribution in [0.25, 0.3) is 5.70 Å². The largest absolute Gasteiger partial charge is 0.317 e. The van der Waals surface area contributed by atoms with Crippen LogP contribution in [0.5, 0.6) is 0 Å². The lowest BCUT2D eigenvalue weighted by atomic mass is 9.83. The Morgan fingerprint density at radius 3 is 3.15 bits per heavy atom. The molecule has 1 atom stereocenters. The van der Waals surface area contributed by atoms with Gasteiger partial charge in [-0.3, -0.25) is 9.89 Å². The van der Waals surface area contributed by atoms with Crippen molar-refractivity contribution in [1.29, 1.82) is 0 Å². The summed E-state index contributed by atoms with van der Waals surface area (Å²) in [4.78, 5) is 7.90. The minimum absolute atomic E-state index is 0.0842. The number of allylic oxidation sites excluding steroid dienone is 5. The van der Waals surface area contributed by atoms with Crippen molar-refractivity contribution >= 4 is 11.4 Å². The number of hydrogen-bond acceptors (Lipinski definition) is 2. The zero-order valence-electron chi connectivity index (χ0n) is 15.8. The number of nitrogens with zero attached hydrogens (tertiary/aromatic N) is 3. The molecule has 0 amide bonds. The monoisotopic (exact) mass is 347 g/mol. The molecule has 136 valence electrons. The van der Waals surface area contributed by atoms with Gasteiger partial charge in [-0.2, -0.15) is 0 Å². The molecular formula is C23H29N3. The summed E-state index contributed by atoms with van der Waals surface area (Å²) in [5.41, 5.74) is 5.09. The number of hydrogen-bond donors (Lipinski definition) is 0. The maximum absolute atomic E-state index is 5.37. The molecule has 0 N–H and O–H groups in total. The van der Waals surface area contributed by atoms with Crippen LogP contribution < -0.4 is 0 Å². The molecule has 2 aliphatic heterocycles. The zero-order valence-corrected chi connectivity index (χ0v) is 15.8. The first-order valence-corrected chi connectivity index (χ1v) is 9.89. The van der Waals surface area contributed by atoms with Crippen LogP contribution in [-0.2, 0) is 5.54 Å². The van der Waals surface area contributed by atoms with Crippen molar-refractivity contribution in [2.45, 2.75) is 44.6 Å². The van der Waals surface area contributed by atoms with Crippen LogP contribution in [0.3, 0.4) is 0 Å².